The van der Waals surface area contributed by atoms with Crippen LogP contribution < -0.4 is 5.32 Å². The highest BCUT2D eigenvalue weighted by Crippen LogP contribution is 2.42. The molecule has 1 saturated carbocycles. The van der Waals surface area contributed by atoms with E-state index < -0.39 is 11.6 Å². The first-order valence-corrected chi connectivity index (χ1v) is 8.56. The molecular formula is C18H20N4O3. The van der Waals surface area contributed by atoms with Gasteiger partial charge < -0.3 is 5.32 Å². The first-order chi connectivity index (χ1) is 12.0. The van der Waals surface area contributed by atoms with Crippen LogP contribution in [0.2, 0.25) is 0 Å². The molecule has 7 heteroatoms. The van der Waals surface area contributed by atoms with Crippen LogP contribution in [-0.2, 0) is 9.59 Å². The number of urea groups is 1. The van der Waals surface area contributed by atoms with Crippen molar-refractivity contribution in [1.82, 2.24) is 15.2 Å². The second-order valence-corrected chi connectivity index (χ2v) is 6.98. The SMILES string of the molecule is CC1(C2CC2)NC(=O)N(CC(=O)N2CCC(c3ccccc3)=N2)C1=O. The molecule has 1 aromatic rings. The van der Waals surface area contributed by atoms with E-state index in [1.54, 1.807) is 6.92 Å². The molecule has 1 aliphatic carbocycles. The number of carbonyl (C=O) groups excluding carboxylic acids is 3. The fourth-order valence-electron chi connectivity index (χ4n) is 3.48. The fourth-order valence-corrected chi connectivity index (χ4v) is 3.48. The predicted molar refractivity (Wildman–Crippen MR) is 90.7 cm³/mol. The number of imide groups is 1. The van der Waals surface area contributed by atoms with Crippen LogP contribution in [0.5, 0.6) is 0 Å². The average molecular weight is 340 g/mol. The Labute approximate surface area is 145 Å². The normalized spacial score (nSPS) is 26.0. The Balaban J connectivity index is 1.45. The van der Waals surface area contributed by atoms with Crippen molar-refractivity contribution >= 4 is 23.6 Å². The highest BCUT2D eigenvalue weighted by molar-refractivity contribution is 6.09. The Morgan fingerprint density at radius 2 is 2.00 bits per heavy atom. The molecular weight excluding hydrogens is 320 g/mol. The first kappa shape index (κ1) is 15.8. The quantitative estimate of drug-likeness (QED) is 0.840. The summed E-state index contributed by atoms with van der Waals surface area (Å²) in [5.41, 5.74) is 0.962. The predicted octanol–water partition coefficient (Wildman–Crippen LogP) is 1.34. The van der Waals surface area contributed by atoms with Crippen molar-refractivity contribution < 1.29 is 14.4 Å². The Kier molecular flexibility index (Phi) is 3.59. The van der Waals surface area contributed by atoms with E-state index in [0.29, 0.717) is 13.0 Å². The first-order valence-electron chi connectivity index (χ1n) is 8.56. The van der Waals surface area contributed by atoms with Crippen molar-refractivity contribution in [2.45, 2.75) is 31.7 Å². The molecule has 3 aliphatic rings. The minimum absolute atomic E-state index is 0.179. The number of hydrogen-bond donors (Lipinski definition) is 1. The second-order valence-electron chi connectivity index (χ2n) is 6.98. The molecule has 0 bridgehead atoms. The van der Waals surface area contributed by atoms with E-state index in [1.807, 2.05) is 30.3 Å². The molecule has 2 heterocycles. The van der Waals surface area contributed by atoms with Crippen molar-refractivity contribution in [2.24, 2.45) is 11.0 Å². The summed E-state index contributed by atoms with van der Waals surface area (Å²) in [6.45, 7) is 1.95. The highest BCUT2D eigenvalue weighted by Gasteiger charge is 2.56. The maximum absolute atomic E-state index is 12.6. The van der Waals surface area contributed by atoms with E-state index in [4.69, 9.17) is 0 Å². The summed E-state index contributed by atoms with van der Waals surface area (Å²) >= 11 is 0. The molecule has 130 valence electrons. The van der Waals surface area contributed by atoms with Gasteiger partial charge in [0.15, 0.2) is 0 Å². The smallest absolute Gasteiger partial charge is 0.323 e. The minimum Gasteiger partial charge on any atom is -0.323 e. The summed E-state index contributed by atoms with van der Waals surface area (Å²) in [6.07, 6.45) is 2.53. The van der Waals surface area contributed by atoms with E-state index in [2.05, 4.69) is 10.4 Å². The summed E-state index contributed by atoms with van der Waals surface area (Å²) in [5, 5.41) is 8.48. The van der Waals surface area contributed by atoms with Crippen LogP contribution in [0.15, 0.2) is 35.4 Å². The lowest BCUT2D eigenvalue weighted by Gasteiger charge is -2.21. The van der Waals surface area contributed by atoms with Crippen LogP contribution in [0.25, 0.3) is 0 Å². The number of hydrogen-bond acceptors (Lipinski definition) is 4. The van der Waals surface area contributed by atoms with Gasteiger partial charge in [-0.15, -0.1) is 0 Å². The summed E-state index contributed by atoms with van der Waals surface area (Å²) < 4.78 is 0. The Morgan fingerprint density at radius 1 is 1.28 bits per heavy atom. The molecule has 4 amide bonds. The van der Waals surface area contributed by atoms with Gasteiger partial charge >= 0.3 is 6.03 Å². The molecule has 25 heavy (non-hydrogen) atoms. The zero-order valence-corrected chi connectivity index (χ0v) is 14.1. The summed E-state index contributed by atoms with van der Waals surface area (Å²) in [7, 11) is 0. The zero-order valence-electron chi connectivity index (χ0n) is 14.1. The van der Waals surface area contributed by atoms with Gasteiger partial charge in [0.2, 0.25) is 0 Å². The lowest BCUT2D eigenvalue weighted by atomic mass is 9.96. The monoisotopic (exact) mass is 340 g/mol. The van der Waals surface area contributed by atoms with Crippen molar-refractivity contribution in [1.29, 1.82) is 0 Å². The van der Waals surface area contributed by atoms with Crippen molar-refractivity contribution in [3.63, 3.8) is 0 Å². The minimum atomic E-state index is -0.860. The van der Waals surface area contributed by atoms with E-state index in [0.717, 1.165) is 29.0 Å². The van der Waals surface area contributed by atoms with Crippen LogP contribution in [0.3, 0.4) is 0 Å². The van der Waals surface area contributed by atoms with E-state index >= 15 is 0 Å². The van der Waals surface area contributed by atoms with Crippen LogP contribution in [0, 0.1) is 5.92 Å². The summed E-state index contributed by atoms with van der Waals surface area (Å²) in [4.78, 5) is 38.3. The standard InChI is InChI=1S/C18H20N4O3/c1-18(13-7-8-13)16(24)21(17(25)19-18)11-15(23)22-10-9-14(20-22)12-5-3-2-4-6-12/h2-6,13H,7-11H2,1H3,(H,19,25). The van der Waals surface area contributed by atoms with Crippen molar-refractivity contribution in [3.8, 4) is 0 Å². The van der Waals surface area contributed by atoms with Gasteiger partial charge in [-0.05, 0) is 31.2 Å². The molecule has 1 atom stereocenters. The molecule has 4 rings (SSSR count). The Morgan fingerprint density at radius 3 is 2.68 bits per heavy atom. The Hall–Kier alpha value is -2.70. The molecule has 0 aromatic heterocycles. The lowest BCUT2D eigenvalue weighted by Crippen LogP contribution is -2.46. The van der Waals surface area contributed by atoms with Crippen LogP contribution >= 0.6 is 0 Å². The number of rotatable bonds is 4. The highest BCUT2D eigenvalue weighted by atomic mass is 16.2. The number of benzene rings is 1. The molecule has 1 N–H and O–H groups in total. The molecule has 2 aliphatic heterocycles. The average Bonchev–Trinajstić information content (AvgIpc) is 3.32. The van der Waals surface area contributed by atoms with Gasteiger partial charge in [-0.25, -0.2) is 9.80 Å². The van der Waals surface area contributed by atoms with E-state index in [9.17, 15) is 14.4 Å². The van der Waals surface area contributed by atoms with Crippen LogP contribution in [0.1, 0.15) is 31.7 Å². The molecule has 7 nitrogen and oxygen atoms in total. The van der Waals surface area contributed by atoms with Gasteiger partial charge in [0.1, 0.15) is 12.1 Å². The number of amides is 4. The maximum atomic E-state index is 12.6. The van der Waals surface area contributed by atoms with E-state index in [1.165, 1.54) is 5.01 Å². The van der Waals surface area contributed by atoms with Crippen LogP contribution in [-0.4, -0.2) is 52.1 Å². The fraction of sp³-hybridized carbons (Fsp3) is 0.444. The third-order valence-corrected chi connectivity index (χ3v) is 5.19. The van der Waals surface area contributed by atoms with Gasteiger partial charge in [0, 0.05) is 6.42 Å². The van der Waals surface area contributed by atoms with Gasteiger partial charge in [-0.1, -0.05) is 30.3 Å². The lowest BCUT2D eigenvalue weighted by molar-refractivity contribution is -0.138. The molecule has 0 radical (unpaired) electrons. The number of nitrogens with one attached hydrogen (secondary N) is 1. The van der Waals surface area contributed by atoms with Gasteiger partial charge in [-0.2, -0.15) is 5.10 Å². The largest absolute Gasteiger partial charge is 0.325 e. The second kappa shape index (κ2) is 5.68. The van der Waals surface area contributed by atoms with Crippen LogP contribution in [0.4, 0.5) is 4.79 Å². The maximum Gasteiger partial charge on any atom is 0.325 e. The third-order valence-electron chi connectivity index (χ3n) is 5.19. The zero-order chi connectivity index (χ0) is 17.6. The molecule has 1 unspecified atom stereocenters. The molecule has 1 aromatic carbocycles. The van der Waals surface area contributed by atoms with Gasteiger partial charge in [0.25, 0.3) is 11.8 Å². The number of hydrazone groups is 1. The molecule has 1 saturated heterocycles. The summed E-state index contributed by atoms with van der Waals surface area (Å²) in [6, 6.07) is 9.19. The van der Waals surface area contributed by atoms with Gasteiger partial charge in [0.05, 0.1) is 12.3 Å². The topological polar surface area (TPSA) is 82.1 Å². The third kappa shape index (κ3) is 2.69. The Bertz CT molecular complexity index is 772. The van der Waals surface area contributed by atoms with Crippen molar-refractivity contribution in [3.05, 3.63) is 35.9 Å². The molecule has 0 spiro atoms. The van der Waals surface area contributed by atoms with E-state index in [-0.39, 0.29) is 24.3 Å². The van der Waals surface area contributed by atoms with Crippen molar-refractivity contribution in [2.75, 3.05) is 13.1 Å². The summed E-state index contributed by atoms with van der Waals surface area (Å²) in [5.74, 6) is -0.465. The number of carbonyl (C=O) groups is 3. The van der Waals surface area contributed by atoms with Gasteiger partial charge in [-0.3, -0.25) is 14.5 Å². The number of nitrogens with zero attached hydrogens (tertiary/aromatic N) is 3. The molecule has 2 fully saturated rings.